The second kappa shape index (κ2) is 9.91. The van der Waals surface area contributed by atoms with Crippen LogP contribution in [-0.4, -0.2) is 29.3 Å². The summed E-state index contributed by atoms with van der Waals surface area (Å²) in [5.74, 6) is 0.853. The molecule has 0 fully saturated rings. The van der Waals surface area contributed by atoms with Crippen LogP contribution in [0.15, 0.2) is 12.3 Å². The number of nitrogens with zero attached hydrogens (tertiary/aromatic N) is 2. The first kappa shape index (κ1) is 16.9. The van der Waals surface area contributed by atoms with Crippen LogP contribution in [0.3, 0.4) is 0 Å². The van der Waals surface area contributed by atoms with Gasteiger partial charge in [0.05, 0.1) is 6.20 Å². The Kier molecular flexibility index (Phi) is 9.32. The normalized spacial score (nSPS) is 9.89. The summed E-state index contributed by atoms with van der Waals surface area (Å²) in [5, 5.41) is 10.1. The number of rotatable bonds is 8. The minimum Gasteiger partial charge on any atom is -0.320 e. The molecule has 0 radical (unpaired) electrons. The number of amides is 1. The van der Waals surface area contributed by atoms with Crippen LogP contribution in [0.4, 0.5) is 5.82 Å². The molecule has 104 valence electrons. The van der Waals surface area contributed by atoms with Crippen molar-refractivity contribution in [3.63, 3.8) is 0 Å². The van der Waals surface area contributed by atoms with Crippen LogP contribution in [-0.2, 0) is 11.3 Å². The summed E-state index contributed by atoms with van der Waals surface area (Å²) in [6.45, 7) is 3.86. The molecule has 0 atom stereocenters. The highest BCUT2D eigenvalue weighted by atomic mass is 35.5. The van der Waals surface area contributed by atoms with E-state index in [0.29, 0.717) is 6.42 Å². The Labute approximate surface area is 115 Å². The summed E-state index contributed by atoms with van der Waals surface area (Å²) < 4.78 is 1.85. The molecule has 2 N–H and O–H groups in total. The molecule has 1 aromatic rings. The monoisotopic (exact) mass is 274 g/mol. The van der Waals surface area contributed by atoms with Gasteiger partial charge in [0.2, 0.25) is 5.91 Å². The second-order valence-electron chi connectivity index (χ2n) is 4.05. The van der Waals surface area contributed by atoms with E-state index in [2.05, 4.69) is 22.7 Å². The van der Waals surface area contributed by atoms with Gasteiger partial charge >= 0.3 is 0 Å². The van der Waals surface area contributed by atoms with E-state index in [9.17, 15) is 4.79 Å². The van der Waals surface area contributed by atoms with E-state index in [1.165, 1.54) is 0 Å². The number of nitrogens with one attached hydrogen (secondary N) is 2. The molecule has 1 heterocycles. The molecular weight excluding hydrogens is 252 g/mol. The second-order valence-corrected chi connectivity index (χ2v) is 4.05. The Morgan fingerprint density at radius 3 is 2.89 bits per heavy atom. The Hall–Kier alpha value is -1.07. The van der Waals surface area contributed by atoms with Crippen molar-refractivity contribution in [1.29, 1.82) is 0 Å². The highest BCUT2D eigenvalue weighted by Crippen LogP contribution is 2.08. The summed E-state index contributed by atoms with van der Waals surface area (Å²) in [5.41, 5.74) is 0. The molecule has 0 aliphatic rings. The highest BCUT2D eigenvalue weighted by molar-refractivity contribution is 5.89. The van der Waals surface area contributed by atoms with Crippen molar-refractivity contribution in [2.24, 2.45) is 0 Å². The lowest BCUT2D eigenvalue weighted by Crippen LogP contribution is -2.17. The zero-order valence-corrected chi connectivity index (χ0v) is 11.9. The zero-order valence-electron chi connectivity index (χ0n) is 11.1. The molecule has 0 aliphatic heterocycles. The van der Waals surface area contributed by atoms with Crippen molar-refractivity contribution >= 4 is 24.1 Å². The van der Waals surface area contributed by atoms with Crippen LogP contribution >= 0.6 is 12.4 Å². The van der Waals surface area contributed by atoms with E-state index >= 15 is 0 Å². The molecular formula is C12H23ClN4O. The van der Waals surface area contributed by atoms with Gasteiger partial charge in [0.15, 0.2) is 0 Å². The summed E-state index contributed by atoms with van der Waals surface area (Å²) in [4.78, 5) is 11.6. The van der Waals surface area contributed by atoms with Crippen molar-refractivity contribution < 1.29 is 4.79 Å². The topological polar surface area (TPSA) is 59.0 Å². The van der Waals surface area contributed by atoms with Crippen molar-refractivity contribution in [3.8, 4) is 0 Å². The molecule has 1 aromatic heterocycles. The molecule has 1 rings (SSSR count). The van der Waals surface area contributed by atoms with Crippen LogP contribution in [0.5, 0.6) is 0 Å². The largest absolute Gasteiger partial charge is 0.320 e. The fraction of sp³-hybridized carbons (Fsp3) is 0.667. The van der Waals surface area contributed by atoms with Crippen LogP contribution in [0, 0.1) is 0 Å². The maximum absolute atomic E-state index is 11.6. The summed E-state index contributed by atoms with van der Waals surface area (Å²) >= 11 is 0. The average molecular weight is 275 g/mol. The third-order valence-electron chi connectivity index (χ3n) is 2.54. The lowest BCUT2D eigenvalue weighted by atomic mass is 10.3. The number of hydrogen-bond acceptors (Lipinski definition) is 3. The van der Waals surface area contributed by atoms with Crippen molar-refractivity contribution in [2.75, 3.05) is 18.9 Å². The van der Waals surface area contributed by atoms with Crippen LogP contribution in [0.25, 0.3) is 0 Å². The Bertz CT molecular complexity index is 341. The zero-order chi connectivity index (χ0) is 12.5. The number of aryl methyl sites for hydroxylation is 1. The van der Waals surface area contributed by atoms with Crippen molar-refractivity contribution in [2.45, 2.75) is 39.2 Å². The molecule has 0 aromatic carbocycles. The third-order valence-corrected chi connectivity index (χ3v) is 2.54. The van der Waals surface area contributed by atoms with Gasteiger partial charge in [0.25, 0.3) is 0 Å². The van der Waals surface area contributed by atoms with E-state index in [4.69, 9.17) is 0 Å². The highest BCUT2D eigenvalue weighted by Gasteiger charge is 2.06. The van der Waals surface area contributed by atoms with E-state index in [1.54, 1.807) is 6.20 Å². The van der Waals surface area contributed by atoms with Gasteiger partial charge in [-0.2, -0.15) is 5.10 Å². The van der Waals surface area contributed by atoms with Gasteiger partial charge < -0.3 is 10.6 Å². The van der Waals surface area contributed by atoms with Crippen molar-refractivity contribution in [1.82, 2.24) is 15.1 Å². The Morgan fingerprint density at radius 2 is 2.22 bits per heavy atom. The van der Waals surface area contributed by atoms with Gasteiger partial charge in [-0.3, -0.25) is 4.79 Å². The minimum absolute atomic E-state index is 0. The SMILES string of the molecule is CCCCn1nccc1NC(=O)CCCNC.Cl. The smallest absolute Gasteiger partial charge is 0.225 e. The minimum atomic E-state index is 0. The summed E-state index contributed by atoms with van der Waals surface area (Å²) in [6, 6.07) is 1.84. The molecule has 0 bridgehead atoms. The lowest BCUT2D eigenvalue weighted by Gasteiger charge is -2.08. The summed E-state index contributed by atoms with van der Waals surface area (Å²) in [7, 11) is 1.89. The van der Waals surface area contributed by atoms with Gasteiger partial charge in [0.1, 0.15) is 5.82 Å². The van der Waals surface area contributed by atoms with Crippen molar-refractivity contribution in [3.05, 3.63) is 12.3 Å². The number of unbranched alkanes of at least 4 members (excludes halogenated alkanes) is 1. The molecule has 0 aliphatic carbocycles. The van der Waals surface area contributed by atoms with Gasteiger partial charge in [-0.05, 0) is 26.4 Å². The number of carbonyl (C=O) groups is 1. The molecule has 5 nitrogen and oxygen atoms in total. The van der Waals surface area contributed by atoms with Crippen LogP contribution in [0.1, 0.15) is 32.6 Å². The van der Waals surface area contributed by atoms with Gasteiger partial charge in [-0.1, -0.05) is 13.3 Å². The maximum Gasteiger partial charge on any atom is 0.225 e. The molecule has 6 heteroatoms. The van der Waals surface area contributed by atoms with E-state index in [-0.39, 0.29) is 18.3 Å². The first-order valence-electron chi connectivity index (χ1n) is 6.24. The molecule has 0 unspecified atom stereocenters. The number of halogens is 1. The fourth-order valence-electron chi connectivity index (χ4n) is 1.56. The van der Waals surface area contributed by atoms with E-state index < -0.39 is 0 Å². The fourth-order valence-corrected chi connectivity index (χ4v) is 1.56. The first-order valence-corrected chi connectivity index (χ1v) is 6.24. The van der Waals surface area contributed by atoms with Crippen LogP contribution in [0.2, 0.25) is 0 Å². The van der Waals surface area contributed by atoms with Gasteiger partial charge in [-0.25, -0.2) is 4.68 Å². The number of anilines is 1. The third kappa shape index (κ3) is 6.02. The molecule has 0 saturated heterocycles. The quantitative estimate of drug-likeness (QED) is 0.713. The Morgan fingerprint density at radius 1 is 1.44 bits per heavy atom. The predicted octanol–water partition coefficient (Wildman–Crippen LogP) is 2.04. The Balaban J connectivity index is 0.00000289. The van der Waals surface area contributed by atoms with Crippen LogP contribution < -0.4 is 10.6 Å². The molecule has 18 heavy (non-hydrogen) atoms. The first-order chi connectivity index (χ1) is 8.27. The summed E-state index contributed by atoms with van der Waals surface area (Å²) in [6.07, 6.45) is 5.31. The number of hydrogen-bond donors (Lipinski definition) is 2. The predicted molar refractivity (Wildman–Crippen MR) is 76.2 cm³/mol. The van der Waals surface area contributed by atoms with E-state index in [0.717, 1.165) is 38.2 Å². The van der Waals surface area contributed by atoms with Gasteiger partial charge in [0, 0.05) is 19.0 Å². The lowest BCUT2D eigenvalue weighted by molar-refractivity contribution is -0.116. The maximum atomic E-state index is 11.6. The van der Waals surface area contributed by atoms with Gasteiger partial charge in [-0.15, -0.1) is 12.4 Å². The molecule has 1 amide bonds. The molecule has 0 saturated carbocycles. The van der Waals surface area contributed by atoms with E-state index in [1.807, 2.05) is 17.8 Å². The number of carbonyl (C=O) groups excluding carboxylic acids is 1. The number of aromatic nitrogens is 2. The standard InChI is InChI=1S/C12H22N4O.ClH/c1-3-4-10-16-11(7-9-14-16)15-12(17)6-5-8-13-2;/h7,9,13H,3-6,8,10H2,1-2H3,(H,15,17);1H. The molecule has 0 spiro atoms. The average Bonchev–Trinajstić information content (AvgIpc) is 2.74.